The van der Waals surface area contributed by atoms with Crippen LogP contribution < -0.4 is 0 Å². The molecule has 2 aromatic heterocycles. The van der Waals surface area contributed by atoms with E-state index in [1.807, 2.05) is 10.8 Å². The Hall–Kier alpha value is -0.810. The van der Waals surface area contributed by atoms with E-state index in [4.69, 9.17) is 11.6 Å². The third-order valence-corrected chi connectivity index (χ3v) is 2.91. The molecular formula is C9H11ClN4S. The number of hydrogen-bond donors (Lipinski definition) is 0. The van der Waals surface area contributed by atoms with Gasteiger partial charge >= 0.3 is 0 Å². The first-order chi connectivity index (χ1) is 7.13. The number of fused-ring (bicyclic) bond motifs is 1. The predicted molar refractivity (Wildman–Crippen MR) is 62.5 cm³/mol. The second kappa shape index (κ2) is 3.98. The van der Waals surface area contributed by atoms with Crippen LogP contribution in [-0.2, 0) is 0 Å². The van der Waals surface area contributed by atoms with E-state index in [-0.39, 0.29) is 0 Å². The van der Waals surface area contributed by atoms with Gasteiger partial charge in [-0.25, -0.2) is 15.0 Å². The normalized spacial score (nSPS) is 11.5. The Morgan fingerprint density at radius 3 is 2.73 bits per heavy atom. The van der Waals surface area contributed by atoms with Crippen molar-refractivity contribution in [3.05, 3.63) is 11.5 Å². The number of hydrogen-bond acceptors (Lipinski definition) is 4. The monoisotopic (exact) mass is 242 g/mol. The maximum Gasteiger partial charge on any atom is 0.190 e. The first kappa shape index (κ1) is 10.7. The van der Waals surface area contributed by atoms with Crippen molar-refractivity contribution in [2.75, 3.05) is 6.26 Å². The van der Waals surface area contributed by atoms with Crippen LogP contribution in [0.5, 0.6) is 0 Å². The van der Waals surface area contributed by atoms with Crippen LogP contribution in [0.1, 0.15) is 19.9 Å². The minimum atomic E-state index is 0.315. The summed E-state index contributed by atoms with van der Waals surface area (Å²) in [5.74, 6) is 0. The van der Waals surface area contributed by atoms with Crippen molar-refractivity contribution in [3.63, 3.8) is 0 Å². The lowest BCUT2D eigenvalue weighted by molar-refractivity contribution is 0.610. The second-order valence-corrected chi connectivity index (χ2v) is 4.55. The molecule has 0 amide bonds. The van der Waals surface area contributed by atoms with Crippen LogP contribution in [0, 0.1) is 0 Å². The first-order valence-corrected chi connectivity index (χ1v) is 6.18. The molecule has 0 saturated heterocycles. The van der Waals surface area contributed by atoms with Gasteiger partial charge in [0.05, 0.1) is 6.33 Å². The van der Waals surface area contributed by atoms with Crippen molar-refractivity contribution in [2.45, 2.75) is 25.0 Å². The van der Waals surface area contributed by atoms with Gasteiger partial charge in [0.2, 0.25) is 0 Å². The lowest BCUT2D eigenvalue weighted by Gasteiger charge is -2.07. The lowest BCUT2D eigenvalue weighted by atomic mass is 10.4. The molecule has 0 saturated carbocycles. The molecule has 0 atom stereocenters. The van der Waals surface area contributed by atoms with Crippen molar-refractivity contribution < 1.29 is 0 Å². The number of aromatic nitrogens is 4. The zero-order valence-electron chi connectivity index (χ0n) is 8.73. The van der Waals surface area contributed by atoms with Crippen LogP contribution in [0.3, 0.4) is 0 Å². The van der Waals surface area contributed by atoms with Gasteiger partial charge in [0.25, 0.3) is 0 Å². The molecule has 0 spiro atoms. The highest BCUT2D eigenvalue weighted by molar-refractivity contribution is 7.98. The molecule has 6 heteroatoms. The van der Waals surface area contributed by atoms with Gasteiger partial charge in [-0.1, -0.05) is 23.4 Å². The smallest absolute Gasteiger partial charge is 0.190 e. The Kier molecular flexibility index (Phi) is 2.84. The van der Waals surface area contributed by atoms with E-state index in [0.29, 0.717) is 21.9 Å². The molecule has 0 N–H and O–H groups in total. The lowest BCUT2D eigenvalue weighted by Crippen LogP contribution is -2.01. The molecule has 80 valence electrons. The van der Waals surface area contributed by atoms with Crippen LogP contribution in [0.4, 0.5) is 0 Å². The second-order valence-electron chi connectivity index (χ2n) is 3.42. The Bertz CT molecular complexity index is 494. The summed E-state index contributed by atoms with van der Waals surface area (Å²) in [6.45, 7) is 4.16. The molecule has 0 bridgehead atoms. The third kappa shape index (κ3) is 1.81. The van der Waals surface area contributed by atoms with E-state index in [0.717, 1.165) is 5.65 Å². The highest BCUT2D eigenvalue weighted by Gasteiger charge is 2.12. The number of nitrogens with zero attached hydrogens (tertiary/aromatic N) is 4. The SMILES string of the molecule is CSc1nc(Cl)c2ncn(C(C)C)c2n1. The molecule has 15 heavy (non-hydrogen) atoms. The van der Waals surface area contributed by atoms with Crippen LogP contribution in [0.15, 0.2) is 11.5 Å². The van der Waals surface area contributed by atoms with Crippen molar-refractivity contribution in [2.24, 2.45) is 0 Å². The molecule has 0 aliphatic heterocycles. The average molecular weight is 243 g/mol. The van der Waals surface area contributed by atoms with Crippen molar-refractivity contribution in [1.82, 2.24) is 19.5 Å². The van der Waals surface area contributed by atoms with Gasteiger partial charge in [-0.05, 0) is 20.1 Å². The summed E-state index contributed by atoms with van der Waals surface area (Å²) in [6.07, 6.45) is 3.67. The van der Waals surface area contributed by atoms with Crippen LogP contribution in [0.25, 0.3) is 11.2 Å². The molecular weight excluding hydrogens is 232 g/mol. The Morgan fingerprint density at radius 2 is 2.13 bits per heavy atom. The molecule has 2 heterocycles. The van der Waals surface area contributed by atoms with Crippen molar-refractivity contribution >= 4 is 34.5 Å². The molecule has 0 aliphatic rings. The van der Waals surface area contributed by atoms with Gasteiger partial charge in [0.15, 0.2) is 16.0 Å². The number of thioether (sulfide) groups is 1. The summed E-state index contributed by atoms with van der Waals surface area (Å²) < 4.78 is 1.99. The minimum Gasteiger partial charge on any atom is -0.313 e. The number of imidazole rings is 1. The average Bonchev–Trinajstić information content (AvgIpc) is 2.61. The van der Waals surface area contributed by atoms with E-state index in [1.165, 1.54) is 11.8 Å². The Balaban J connectivity index is 2.72. The van der Waals surface area contributed by atoms with Gasteiger partial charge in [0.1, 0.15) is 5.52 Å². The van der Waals surface area contributed by atoms with Crippen LogP contribution >= 0.6 is 23.4 Å². The summed E-state index contributed by atoms with van der Waals surface area (Å²) in [5.41, 5.74) is 1.47. The van der Waals surface area contributed by atoms with Gasteiger partial charge in [-0.2, -0.15) is 0 Å². The number of rotatable bonds is 2. The molecule has 0 unspecified atom stereocenters. The molecule has 0 radical (unpaired) electrons. The van der Waals surface area contributed by atoms with Gasteiger partial charge in [0, 0.05) is 6.04 Å². The quantitative estimate of drug-likeness (QED) is 0.462. The highest BCUT2D eigenvalue weighted by atomic mass is 35.5. The molecule has 2 aromatic rings. The largest absolute Gasteiger partial charge is 0.313 e. The molecule has 0 aromatic carbocycles. The summed E-state index contributed by atoms with van der Waals surface area (Å²) in [6, 6.07) is 0.315. The van der Waals surface area contributed by atoms with Crippen LogP contribution in [0.2, 0.25) is 5.15 Å². The zero-order valence-corrected chi connectivity index (χ0v) is 10.3. The van der Waals surface area contributed by atoms with Gasteiger partial charge in [-0.3, -0.25) is 0 Å². The topological polar surface area (TPSA) is 43.6 Å². The maximum atomic E-state index is 6.02. The summed E-state index contributed by atoms with van der Waals surface area (Å²) in [7, 11) is 0. The third-order valence-electron chi connectivity index (χ3n) is 2.10. The first-order valence-electron chi connectivity index (χ1n) is 4.57. The van der Waals surface area contributed by atoms with Crippen molar-refractivity contribution in [1.29, 1.82) is 0 Å². The van der Waals surface area contributed by atoms with E-state index in [9.17, 15) is 0 Å². The molecule has 4 nitrogen and oxygen atoms in total. The molecule has 0 fully saturated rings. The Morgan fingerprint density at radius 1 is 1.40 bits per heavy atom. The molecule has 2 rings (SSSR count). The van der Waals surface area contributed by atoms with Crippen LogP contribution in [-0.4, -0.2) is 25.8 Å². The van der Waals surface area contributed by atoms with E-state index in [1.54, 1.807) is 6.33 Å². The van der Waals surface area contributed by atoms with E-state index in [2.05, 4.69) is 28.8 Å². The number of halogens is 1. The fourth-order valence-electron chi connectivity index (χ4n) is 1.33. The van der Waals surface area contributed by atoms with Gasteiger partial charge in [-0.15, -0.1) is 0 Å². The zero-order chi connectivity index (χ0) is 11.0. The summed E-state index contributed by atoms with van der Waals surface area (Å²) in [4.78, 5) is 12.7. The highest BCUT2D eigenvalue weighted by Crippen LogP contribution is 2.23. The predicted octanol–water partition coefficient (Wildman–Crippen LogP) is 2.78. The standard InChI is InChI=1S/C9H11ClN4S/c1-5(2)14-4-11-6-7(10)12-9(15-3)13-8(6)14/h4-5H,1-3H3. The van der Waals surface area contributed by atoms with E-state index < -0.39 is 0 Å². The maximum absolute atomic E-state index is 6.02. The molecule has 0 aliphatic carbocycles. The summed E-state index contributed by atoms with van der Waals surface area (Å²) in [5, 5.41) is 1.10. The van der Waals surface area contributed by atoms with Gasteiger partial charge < -0.3 is 4.57 Å². The minimum absolute atomic E-state index is 0.315. The van der Waals surface area contributed by atoms with Crippen molar-refractivity contribution in [3.8, 4) is 0 Å². The fraction of sp³-hybridized carbons (Fsp3) is 0.444. The fourth-order valence-corrected chi connectivity index (χ4v) is 1.96. The summed E-state index contributed by atoms with van der Waals surface area (Å²) >= 11 is 7.49. The van der Waals surface area contributed by atoms with E-state index >= 15 is 0 Å². The Labute approximate surface area is 97.1 Å².